The molecule has 4 rings (SSSR count). The Hall–Kier alpha value is -3.89. The maximum absolute atomic E-state index is 14.6. The lowest BCUT2D eigenvalue weighted by atomic mass is 10.0. The van der Waals surface area contributed by atoms with Gasteiger partial charge in [0, 0.05) is 11.6 Å². The van der Waals surface area contributed by atoms with Crippen LogP contribution in [0.1, 0.15) is 20.3 Å². The van der Waals surface area contributed by atoms with Crippen LogP contribution in [0.25, 0.3) is 16.0 Å². The number of hydrogen-bond acceptors (Lipinski definition) is 3. The molecule has 1 saturated heterocycles. The number of rotatable bonds is 7. The summed E-state index contributed by atoms with van der Waals surface area (Å²) in [6, 6.07) is 18.3. The second-order valence-electron chi connectivity index (χ2n) is 8.59. The van der Waals surface area contributed by atoms with Gasteiger partial charge in [0.25, 0.3) is 5.91 Å². The summed E-state index contributed by atoms with van der Waals surface area (Å²) in [5.74, 6) is -0.730. The molecule has 0 radical (unpaired) electrons. The van der Waals surface area contributed by atoms with Crippen molar-refractivity contribution in [2.24, 2.45) is 0 Å². The quantitative estimate of drug-likeness (QED) is 0.209. The SMILES string of the molecule is [C-]#[N+]c1ccc(N2C(=O)N(CCCOc3ccc(-c4ccccc4)cc3F)C(C)(C)C2=O)cc1Cl. The van der Waals surface area contributed by atoms with Crippen LogP contribution in [0, 0.1) is 12.4 Å². The second-order valence-corrected chi connectivity index (χ2v) is 9.00. The van der Waals surface area contributed by atoms with Crippen LogP contribution in [0.5, 0.6) is 5.75 Å². The van der Waals surface area contributed by atoms with E-state index < -0.39 is 23.3 Å². The molecule has 1 aliphatic heterocycles. The number of nitrogens with zero attached hydrogens (tertiary/aromatic N) is 3. The molecule has 0 saturated carbocycles. The third-order valence-electron chi connectivity index (χ3n) is 5.96. The molecule has 8 heteroatoms. The summed E-state index contributed by atoms with van der Waals surface area (Å²) < 4.78 is 20.2. The lowest BCUT2D eigenvalue weighted by Crippen LogP contribution is -2.44. The molecule has 1 aliphatic rings. The molecule has 0 aromatic heterocycles. The van der Waals surface area contributed by atoms with Gasteiger partial charge in [0.15, 0.2) is 11.6 Å². The lowest BCUT2D eigenvalue weighted by molar-refractivity contribution is -0.123. The monoisotopic (exact) mass is 491 g/mol. The number of halogens is 2. The highest BCUT2D eigenvalue weighted by molar-refractivity contribution is 6.34. The predicted octanol–water partition coefficient (Wildman–Crippen LogP) is 6.71. The van der Waals surface area contributed by atoms with Gasteiger partial charge in [0.05, 0.1) is 18.9 Å². The number of benzene rings is 3. The van der Waals surface area contributed by atoms with Crippen molar-refractivity contribution >= 4 is 34.9 Å². The average molecular weight is 492 g/mol. The van der Waals surface area contributed by atoms with Gasteiger partial charge < -0.3 is 9.64 Å². The van der Waals surface area contributed by atoms with Gasteiger partial charge in [0.1, 0.15) is 5.54 Å². The Kier molecular flexibility index (Phi) is 6.77. The van der Waals surface area contributed by atoms with E-state index in [1.54, 1.807) is 26.0 Å². The highest BCUT2D eigenvalue weighted by Crippen LogP contribution is 2.36. The number of hydrogen-bond donors (Lipinski definition) is 0. The molecule has 1 heterocycles. The van der Waals surface area contributed by atoms with Crippen molar-refractivity contribution in [3.8, 4) is 16.9 Å². The molecule has 178 valence electrons. The van der Waals surface area contributed by atoms with Gasteiger partial charge in [-0.2, -0.15) is 0 Å². The van der Waals surface area contributed by atoms with E-state index in [2.05, 4.69) is 4.85 Å². The first kappa shape index (κ1) is 24.2. The Balaban J connectivity index is 1.40. The molecule has 0 spiro atoms. The Labute approximate surface area is 208 Å². The molecule has 35 heavy (non-hydrogen) atoms. The minimum atomic E-state index is -1.08. The third-order valence-corrected chi connectivity index (χ3v) is 6.26. The van der Waals surface area contributed by atoms with Gasteiger partial charge in [-0.1, -0.05) is 54.1 Å². The molecular formula is C27H23ClFN3O3. The van der Waals surface area contributed by atoms with E-state index in [1.807, 2.05) is 30.3 Å². The minimum absolute atomic E-state index is 0.129. The van der Waals surface area contributed by atoms with Crippen molar-refractivity contribution in [2.45, 2.75) is 25.8 Å². The Morgan fingerprint density at radius 2 is 1.77 bits per heavy atom. The van der Waals surface area contributed by atoms with Crippen molar-refractivity contribution in [3.63, 3.8) is 0 Å². The third kappa shape index (κ3) is 4.71. The van der Waals surface area contributed by atoms with Crippen LogP contribution in [-0.4, -0.2) is 35.5 Å². The van der Waals surface area contributed by atoms with Crippen LogP contribution in [0.15, 0.2) is 66.7 Å². The zero-order valence-electron chi connectivity index (χ0n) is 19.3. The van der Waals surface area contributed by atoms with E-state index in [1.165, 1.54) is 29.2 Å². The average Bonchev–Trinajstić information content (AvgIpc) is 3.01. The number of imide groups is 1. The Morgan fingerprint density at radius 3 is 2.43 bits per heavy atom. The van der Waals surface area contributed by atoms with Crippen molar-refractivity contribution in [1.29, 1.82) is 0 Å². The number of carbonyl (C=O) groups excluding carboxylic acids is 2. The molecule has 3 amide bonds. The second kappa shape index (κ2) is 9.77. The molecule has 3 aromatic rings. The zero-order chi connectivity index (χ0) is 25.2. The first-order chi connectivity index (χ1) is 16.7. The predicted molar refractivity (Wildman–Crippen MR) is 133 cm³/mol. The van der Waals surface area contributed by atoms with Crippen molar-refractivity contribution < 1.29 is 18.7 Å². The van der Waals surface area contributed by atoms with Crippen LogP contribution in [0.4, 0.5) is 20.6 Å². The standard InChI is InChI=1S/C27H23ClFN3O3/c1-27(2)25(33)32(20-11-12-23(30-3)21(28)17-20)26(34)31(27)14-7-15-35-24-13-10-19(16-22(24)29)18-8-5-4-6-9-18/h4-6,8-13,16-17H,7,14-15H2,1-2H3. The van der Waals surface area contributed by atoms with Crippen LogP contribution in [0.2, 0.25) is 5.02 Å². The highest BCUT2D eigenvalue weighted by atomic mass is 35.5. The van der Waals surface area contributed by atoms with Gasteiger partial charge >= 0.3 is 6.03 Å². The number of ether oxygens (including phenoxy) is 1. The fraction of sp³-hybridized carbons (Fsp3) is 0.222. The van der Waals surface area contributed by atoms with Crippen molar-refractivity contribution in [1.82, 2.24) is 4.90 Å². The van der Waals surface area contributed by atoms with Crippen LogP contribution in [0.3, 0.4) is 0 Å². The fourth-order valence-electron chi connectivity index (χ4n) is 4.00. The summed E-state index contributed by atoms with van der Waals surface area (Å²) in [5, 5.41) is 0.170. The molecule has 1 fully saturated rings. The fourth-order valence-corrected chi connectivity index (χ4v) is 4.21. The Morgan fingerprint density at radius 1 is 1.03 bits per heavy atom. The molecule has 0 bridgehead atoms. The summed E-state index contributed by atoms with van der Waals surface area (Å²) in [6.45, 7) is 10.9. The van der Waals surface area contributed by atoms with E-state index in [0.29, 0.717) is 12.1 Å². The van der Waals surface area contributed by atoms with E-state index >= 15 is 0 Å². The minimum Gasteiger partial charge on any atom is -0.490 e. The van der Waals surface area contributed by atoms with Crippen LogP contribution >= 0.6 is 11.6 Å². The first-order valence-corrected chi connectivity index (χ1v) is 11.4. The lowest BCUT2D eigenvalue weighted by Gasteiger charge is -2.27. The summed E-state index contributed by atoms with van der Waals surface area (Å²) in [4.78, 5) is 32.0. The van der Waals surface area contributed by atoms with E-state index in [-0.39, 0.29) is 29.6 Å². The topological polar surface area (TPSA) is 54.2 Å². The summed E-state index contributed by atoms with van der Waals surface area (Å²) in [5.41, 5.74) is 1.14. The van der Waals surface area contributed by atoms with E-state index in [0.717, 1.165) is 16.0 Å². The summed E-state index contributed by atoms with van der Waals surface area (Å²) in [7, 11) is 0. The maximum atomic E-state index is 14.6. The maximum Gasteiger partial charge on any atom is 0.332 e. The molecule has 0 N–H and O–H groups in total. The van der Waals surface area contributed by atoms with Gasteiger partial charge in [-0.15, -0.1) is 0 Å². The highest BCUT2D eigenvalue weighted by Gasteiger charge is 2.51. The van der Waals surface area contributed by atoms with Crippen LogP contribution < -0.4 is 9.64 Å². The number of urea groups is 1. The molecule has 0 atom stereocenters. The number of anilines is 1. The summed E-state index contributed by atoms with van der Waals surface area (Å²) >= 11 is 6.10. The normalized spacial score (nSPS) is 14.8. The van der Waals surface area contributed by atoms with Gasteiger partial charge in [0.2, 0.25) is 5.69 Å². The molecule has 0 unspecified atom stereocenters. The number of amides is 3. The van der Waals surface area contributed by atoms with Crippen molar-refractivity contribution in [3.05, 3.63) is 89.0 Å². The molecular weight excluding hydrogens is 469 g/mol. The van der Waals surface area contributed by atoms with Gasteiger partial charge in [-0.05, 0) is 55.7 Å². The van der Waals surface area contributed by atoms with E-state index in [9.17, 15) is 14.0 Å². The largest absolute Gasteiger partial charge is 0.490 e. The molecule has 0 aliphatic carbocycles. The van der Waals surface area contributed by atoms with Gasteiger partial charge in [-0.25, -0.2) is 18.9 Å². The first-order valence-electron chi connectivity index (χ1n) is 11.0. The van der Waals surface area contributed by atoms with Crippen LogP contribution in [-0.2, 0) is 4.79 Å². The Bertz CT molecular complexity index is 1320. The van der Waals surface area contributed by atoms with E-state index in [4.69, 9.17) is 22.9 Å². The molecule has 3 aromatic carbocycles. The summed E-state index contributed by atoms with van der Waals surface area (Å²) in [6.07, 6.45) is 0.396. The smallest absolute Gasteiger partial charge is 0.332 e. The number of carbonyl (C=O) groups is 2. The van der Waals surface area contributed by atoms with Crippen molar-refractivity contribution in [2.75, 3.05) is 18.1 Å². The zero-order valence-corrected chi connectivity index (χ0v) is 20.1. The molecule has 6 nitrogen and oxygen atoms in total. The van der Waals surface area contributed by atoms with Gasteiger partial charge in [-0.3, -0.25) is 4.79 Å².